The normalized spacial score (nSPS) is 46.4. The molecular weight excluding hydrogens is 366 g/mol. The van der Waals surface area contributed by atoms with Crippen LogP contribution >= 0.6 is 0 Å². The van der Waals surface area contributed by atoms with Gasteiger partial charge in [0.2, 0.25) is 0 Å². The van der Waals surface area contributed by atoms with Gasteiger partial charge in [-0.15, -0.1) is 0 Å². The molecule has 2 heteroatoms. The second-order valence-electron chi connectivity index (χ2n) is 12.4. The van der Waals surface area contributed by atoms with Crippen molar-refractivity contribution in [1.29, 1.82) is 0 Å². The van der Waals surface area contributed by atoms with Crippen LogP contribution in [-0.2, 0) is 4.79 Å². The van der Waals surface area contributed by atoms with E-state index in [1.54, 1.807) is 0 Å². The van der Waals surface area contributed by atoms with E-state index >= 15 is 0 Å². The molecule has 0 bridgehead atoms. The Labute approximate surface area is 185 Å². The monoisotopic (exact) mass is 413 g/mol. The Morgan fingerprint density at radius 3 is 2.47 bits per heavy atom. The van der Waals surface area contributed by atoms with Gasteiger partial charge in [0.15, 0.2) is 5.78 Å². The first kappa shape index (κ1) is 22.6. The summed E-state index contributed by atoms with van der Waals surface area (Å²) in [5.41, 5.74) is 8.14. The number of carbonyl (C=O) groups excluding carboxylic acids is 1. The molecule has 0 heterocycles. The van der Waals surface area contributed by atoms with Gasteiger partial charge < -0.3 is 5.73 Å². The molecule has 0 radical (unpaired) electrons. The van der Waals surface area contributed by atoms with Gasteiger partial charge >= 0.3 is 0 Å². The molecular formula is C28H47NO. The van der Waals surface area contributed by atoms with E-state index in [0.29, 0.717) is 23.2 Å². The lowest BCUT2D eigenvalue weighted by atomic mass is 9.42. The predicted octanol–water partition coefficient (Wildman–Crippen LogP) is 6.78. The van der Waals surface area contributed by atoms with Crippen molar-refractivity contribution in [3.63, 3.8) is 0 Å². The van der Waals surface area contributed by atoms with Crippen LogP contribution in [0.25, 0.3) is 0 Å². The smallest absolute Gasteiger partial charge is 0.157 e. The zero-order valence-corrected chi connectivity index (χ0v) is 20.2. The molecule has 0 aliphatic heterocycles. The van der Waals surface area contributed by atoms with Crippen molar-refractivity contribution in [2.75, 3.05) is 6.54 Å². The first-order chi connectivity index (χ1) is 14.2. The number of Topliss-reactive ketones (excluding diaryl/α,β-unsaturated/α-hetero) is 1. The van der Waals surface area contributed by atoms with Crippen LogP contribution in [0.4, 0.5) is 0 Å². The molecule has 4 aliphatic rings. The van der Waals surface area contributed by atoms with E-state index in [4.69, 9.17) is 5.73 Å². The largest absolute Gasteiger partial charge is 0.330 e. The highest BCUT2D eigenvalue weighted by Gasteiger charge is 2.61. The highest BCUT2D eigenvalue weighted by molar-refractivity contribution is 5.94. The summed E-state index contributed by atoms with van der Waals surface area (Å²) in [6.07, 6.45) is 14.5. The van der Waals surface area contributed by atoms with Crippen LogP contribution in [0.5, 0.6) is 0 Å². The molecule has 0 aromatic carbocycles. The van der Waals surface area contributed by atoms with E-state index in [1.807, 2.05) is 6.92 Å². The van der Waals surface area contributed by atoms with Gasteiger partial charge in [0.25, 0.3) is 0 Å². The molecule has 2 unspecified atom stereocenters. The van der Waals surface area contributed by atoms with Crippen molar-refractivity contribution in [2.24, 2.45) is 58.0 Å². The number of rotatable bonds is 6. The molecule has 2 N–H and O–H groups in total. The summed E-state index contributed by atoms with van der Waals surface area (Å²) in [5.74, 6) is 6.04. The summed E-state index contributed by atoms with van der Waals surface area (Å²) in [7, 11) is 0. The number of hydrogen-bond donors (Lipinski definition) is 1. The van der Waals surface area contributed by atoms with Crippen LogP contribution < -0.4 is 5.73 Å². The Balaban J connectivity index is 1.52. The highest BCUT2D eigenvalue weighted by atomic mass is 16.1. The number of carbonyl (C=O) groups is 1. The summed E-state index contributed by atoms with van der Waals surface area (Å²) >= 11 is 0. The SMILES string of the molecule is C=C(C)C(=O)CC[C@@H](C)[C@H]1CC[C@H]2[C@@H]3CC(CN)C4CCCC[C@]4(C)[C@H]3CC[C@]12C. The number of nitrogens with two attached hydrogens (primary N) is 1. The number of hydrogen-bond acceptors (Lipinski definition) is 2. The quantitative estimate of drug-likeness (QED) is 0.488. The third-order valence-corrected chi connectivity index (χ3v) is 11.1. The van der Waals surface area contributed by atoms with E-state index in [-0.39, 0.29) is 5.78 Å². The molecule has 2 nitrogen and oxygen atoms in total. The molecule has 0 saturated heterocycles. The van der Waals surface area contributed by atoms with Gasteiger partial charge in [-0.05, 0) is 123 Å². The lowest BCUT2D eigenvalue weighted by Crippen LogP contribution is -2.56. The summed E-state index contributed by atoms with van der Waals surface area (Å²) in [6, 6.07) is 0. The maximum absolute atomic E-state index is 12.1. The van der Waals surface area contributed by atoms with Crippen molar-refractivity contribution < 1.29 is 4.79 Å². The van der Waals surface area contributed by atoms with Crippen molar-refractivity contribution in [3.8, 4) is 0 Å². The van der Waals surface area contributed by atoms with Gasteiger partial charge in [-0.1, -0.05) is 40.2 Å². The van der Waals surface area contributed by atoms with Crippen LogP contribution in [0.15, 0.2) is 12.2 Å². The van der Waals surface area contributed by atoms with Gasteiger partial charge in [-0.2, -0.15) is 0 Å². The van der Waals surface area contributed by atoms with Gasteiger partial charge in [-0.3, -0.25) is 4.79 Å². The Morgan fingerprint density at radius 2 is 1.77 bits per heavy atom. The van der Waals surface area contributed by atoms with Crippen LogP contribution in [0.2, 0.25) is 0 Å². The Bertz CT molecular complexity index is 670. The van der Waals surface area contributed by atoms with Crippen LogP contribution in [0, 0.1) is 52.3 Å². The second-order valence-corrected chi connectivity index (χ2v) is 12.4. The number of fused-ring (bicyclic) bond motifs is 5. The molecule has 170 valence electrons. The lowest BCUT2D eigenvalue weighted by molar-refractivity contribution is -0.136. The fraction of sp³-hybridized carbons (Fsp3) is 0.893. The lowest BCUT2D eigenvalue weighted by Gasteiger charge is -2.63. The maximum Gasteiger partial charge on any atom is 0.157 e. The summed E-state index contributed by atoms with van der Waals surface area (Å²) in [5, 5.41) is 0. The minimum atomic E-state index is 0.264. The van der Waals surface area contributed by atoms with E-state index in [9.17, 15) is 4.79 Å². The third-order valence-electron chi connectivity index (χ3n) is 11.1. The van der Waals surface area contributed by atoms with Gasteiger partial charge in [0.1, 0.15) is 0 Å². The molecule has 0 amide bonds. The summed E-state index contributed by atoms with van der Waals surface area (Å²) in [4.78, 5) is 12.1. The average Bonchev–Trinajstić information content (AvgIpc) is 3.08. The van der Waals surface area contributed by atoms with Crippen molar-refractivity contribution in [3.05, 3.63) is 12.2 Å². The predicted molar refractivity (Wildman–Crippen MR) is 126 cm³/mol. The molecule has 30 heavy (non-hydrogen) atoms. The molecule has 4 fully saturated rings. The molecule has 4 rings (SSSR count). The highest BCUT2D eigenvalue weighted by Crippen LogP contribution is 2.69. The fourth-order valence-corrected chi connectivity index (χ4v) is 9.58. The van der Waals surface area contributed by atoms with Crippen molar-refractivity contribution >= 4 is 5.78 Å². The minimum Gasteiger partial charge on any atom is -0.330 e. The molecule has 4 aliphatic carbocycles. The van der Waals surface area contributed by atoms with Gasteiger partial charge in [0.05, 0.1) is 0 Å². The van der Waals surface area contributed by atoms with Crippen molar-refractivity contribution in [1.82, 2.24) is 0 Å². The first-order valence-corrected chi connectivity index (χ1v) is 13.1. The zero-order chi connectivity index (χ0) is 21.7. The molecule has 0 aromatic heterocycles. The van der Waals surface area contributed by atoms with E-state index in [1.165, 1.54) is 57.8 Å². The first-order valence-electron chi connectivity index (χ1n) is 13.1. The van der Waals surface area contributed by atoms with Gasteiger partial charge in [-0.25, -0.2) is 0 Å². The second kappa shape index (κ2) is 8.38. The average molecular weight is 414 g/mol. The van der Waals surface area contributed by atoms with E-state index in [0.717, 1.165) is 54.0 Å². The van der Waals surface area contributed by atoms with Crippen LogP contribution in [0.3, 0.4) is 0 Å². The molecule has 0 spiro atoms. The number of ketones is 1. The zero-order valence-electron chi connectivity index (χ0n) is 20.2. The Kier molecular flexibility index (Phi) is 6.30. The van der Waals surface area contributed by atoms with E-state index < -0.39 is 0 Å². The summed E-state index contributed by atoms with van der Waals surface area (Å²) < 4.78 is 0. The van der Waals surface area contributed by atoms with Crippen LogP contribution in [-0.4, -0.2) is 12.3 Å². The molecule has 9 atom stereocenters. The minimum absolute atomic E-state index is 0.264. The van der Waals surface area contributed by atoms with Crippen LogP contribution in [0.1, 0.15) is 98.3 Å². The number of allylic oxidation sites excluding steroid dienone is 1. The Hall–Kier alpha value is -0.630. The molecule has 0 aromatic rings. The van der Waals surface area contributed by atoms with E-state index in [2.05, 4.69) is 27.4 Å². The summed E-state index contributed by atoms with van der Waals surface area (Å²) in [6.45, 7) is 14.3. The third kappa shape index (κ3) is 3.54. The molecule has 4 saturated carbocycles. The maximum atomic E-state index is 12.1. The van der Waals surface area contributed by atoms with Crippen molar-refractivity contribution in [2.45, 2.75) is 98.3 Å². The standard InChI is InChI=1S/C28H47NO/c1-18(2)26(30)12-9-19(3)22-10-11-24-21-16-20(17-29)23-8-6-7-14-27(23,4)25(21)13-15-28(22,24)5/h19-25H,1,6-17,29H2,2-5H3/t19-,20?,21+,22-,23?,24+,25+,27+,28-/m1/s1. The van der Waals surface area contributed by atoms with Gasteiger partial charge in [0, 0.05) is 6.42 Å². The fourth-order valence-electron chi connectivity index (χ4n) is 9.58. The Morgan fingerprint density at radius 1 is 1.03 bits per heavy atom. The topological polar surface area (TPSA) is 43.1 Å².